The highest BCUT2D eigenvalue weighted by Crippen LogP contribution is 2.27. The first-order valence-corrected chi connectivity index (χ1v) is 7.11. The van der Waals surface area contributed by atoms with Gasteiger partial charge in [0.2, 0.25) is 0 Å². The first kappa shape index (κ1) is 14.7. The Bertz CT molecular complexity index is 502. The average molecular weight is 278 g/mol. The lowest BCUT2D eigenvalue weighted by Gasteiger charge is -2.35. The van der Waals surface area contributed by atoms with Gasteiger partial charge in [0, 0.05) is 18.5 Å². The molecule has 110 valence electrons. The number of urea groups is 1. The quantitative estimate of drug-likeness (QED) is 0.791. The summed E-state index contributed by atoms with van der Waals surface area (Å²) in [5.74, 6) is 0.870. The zero-order valence-electron chi connectivity index (χ0n) is 12.8. The van der Waals surface area contributed by atoms with Crippen molar-refractivity contribution in [2.75, 3.05) is 13.1 Å². The molecule has 2 rings (SSSR count). The van der Waals surface area contributed by atoms with Crippen LogP contribution in [0.4, 0.5) is 4.79 Å². The molecule has 0 aromatic rings. The number of likely N-dealkylation sites (N-methyl/N-ethyl adjacent to an activating group) is 1. The van der Waals surface area contributed by atoms with Crippen LogP contribution in [0.15, 0.2) is 9.98 Å². The predicted molar refractivity (Wildman–Crippen MR) is 77.9 cm³/mol. The minimum atomic E-state index is -0.645. The van der Waals surface area contributed by atoms with Crippen molar-refractivity contribution in [2.24, 2.45) is 15.4 Å². The molecule has 20 heavy (non-hydrogen) atoms. The van der Waals surface area contributed by atoms with E-state index in [1.807, 2.05) is 34.6 Å². The molecule has 2 aliphatic heterocycles. The van der Waals surface area contributed by atoms with Crippen LogP contribution in [-0.4, -0.2) is 52.5 Å². The zero-order chi connectivity index (χ0) is 15.1. The summed E-state index contributed by atoms with van der Waals surface area (Å²) in [6.45, 7) is 10.7. The van der Waals surface area contributed by atoms with Gasteiger partial charge in [-0.15, -0.1) is 0 Å². The highest BCUT2D eigenvalue weighted by Gasteiger charge is 2.46. The molecule has 2 aliphatic rings. The maximum absolute atomic E-state index is 12.4. The lowest BCUT2D eigenvalue weighted by Crippen LogP contribution is -2.60. The molecule has 1 atom stereocenters. The summed E-state index contributed by atoms with van der Waals surface area (Å²) in [7, 11) is 0. The Kier molecular flexibility index (Phi) is 3.67. The van der Waals surface area contributed by atoms with Crippen LogP contribution >= 0.6 is 0 Å². The van der Waals surface area contributed by atoms with E-state index in [-0.39, 0.29) is 17.4 Å². The third-order valence-electron chi connectivity index (χ3n) is 3.39. The van der Waals surface area contributed by atoms with Crippen LogP contribution in [0.3, 0.4) is 0 Å². The molecule has 6 heteroatoms. The minimum Gasteiger partial charge on any atom is -0.279 e. The molecule has 0 aliphatic carbocycles. The third-order valence-corrected chi connectivity index (χ3v) is 3.39. The SMILES string of the molecule is CCCN1C(=O)C2N=C(C(C)(C)C)N=C2N(CC)C1=O. The van der Waals surface area contributed by atoms with Crippen molar-refractivity contribution in [1.29, 1.82) is 0 Å². The molecule has 0 bridgehead atoms. The van der Waals surface area contributed by atoms with E-state index in [0.29, 0.717) is 24.8 Å². The Morgan fingerprint density at radius 1 is 1.15 bits per heavy atom. The van der Waals surface area contributed by atoms with E-state index >= 15 is 0 Å². The average Bonchev–Trinajstić information content (AvgIpc) is 2.80. The lowest BCUT2D eigenvalue weighted by atomic mass is 9.95. The number of carbonyl (C=O) groups excluding carboxylic acids is 2. The van der Waals surface area contributed by atoms with E-state index in [9.17, 15) is 9.59 Å². The van der Waals surface area contributed by atoms with Crippen LogP contribution in [0.1, 0.15) is 41.0 Å². The maximum atomic E-state index is 12.4. The Morgan fingerprint density at radius 3 is 2.30 bits per heavy atom. The van der Waals surface area contributed by atoms with Gasteiger partial charge in [0.05, 0.1) is 0 Å². The van der Waals surface area contributed by atoms with E-state index in [2.05, 4.69) is 9.98 Å². The molecule has 0 radical (unpaired) electrons. The number of nitrogens with zero attached hydrogens (tertiary/aromatic N) is 4. The molecular weight excluding hydrogens is 256 g/mol. The van der Waals surface area contributed by atoms with Crippen LogP contribution < -0.4 is 0 Å². The van der Waals surface area contributed by atoms with Crippen molar-refractivity contribution in [3.63, 3.8) is 0 Å². The fraction of sp³-hybridized carbons (Fsp3) is 0.714. The topological polar surface area (TPSA) is 65.3 Å². The summed E-state index contributed by atoms with van der Waals surface area (Å²) < 4.78 is 0. The van der Waals surface area contributed by atoms with Gasteiger partial charge in [-0.3, -0.25) is 14.6 Å². The number of aliphatic imine (C=N–C) groups is 2. The second-order valence-electron chi connectivity index (χ2n) is 6.09. The van der Waals surface area contributed by atoms with Crippen LogP contribution in [-0.2, 0) is 4.79 Å². The second kappa shape index (κ2) is 5.00. The van der Waals surface area contributed by atoms with E-state index in [1.54, 1.807) is 4.90 Å². The summed E-state index contributed by atoms with van der Waals surface area (Å²) >= 11 is 0. The Labute approximate surface area is 119 Å². The summed E-state index contributed by atoms with van der Waals surface area (Å²) in [6.07, 6.45) is 0.740. The van der Waals surface area contributed by atoms with Gasteiger partial charge in [-0.05, 0) is 13.3 Å². The van der Waals surface area contributed by atoms with Crippen molar-refractivity contribution in [3.8, 4) is 0 Å². The number of hydrogen-bond acceptors (Lipinski definition) is 4. The zero-order valence-corrected chi connectivity index (χ0v) is 12.8. The number of amides is 3. The Balaban J connectivity index is 2.41. The third kappa shape index (κ3) is 2.23. The van der Waals surface area contributed by atoms with Gasteiger partial charge in [0.15, 0.2) is 6.04 Å². The summed E-state index contributed by atoms with van der Waals surface area (Å²) in [5, 5.41) is 0. The van der Waals surface area contributed by atoms with E-state index < -0.39 is 6.04 Å². The number of fused-ring (bicyclic) bond motifs is 1. The molecular formula is C14H22N4O2. The fourth-order valence-electron chi connectivity index (χ4n) is 2.33. The van der Waals surface area contributed by atoms with Crippen molar-refractivity contribution < 1.29 is 9.59 Å². The van der Waals surface area contributed by atoms with Gasteiger partial charge in [0.25, 0.3) is 5.91 Å². The summed E-state index contributed by atoms with van der Waals surface area (Å²) in [6, 6.07) is -0.923. The van der Waals surface area contributed by atoms with E-state index in [4.69, 9.17) is 0 Å². The van der Waals surface area contributed by atoms with Crippen molar-refractivity contribution >= 4 is 23.6 Å². The second-order valence-corrected chi connectivity index (χ2v) is 6.09. The molecule has 3 amide bonds. The first-order chi connectivity index (χ1) is 9.31. The van der Waals surface area contributed by atoms with Gasteiger partial charge in [-0.1, -0.05) is 27.7 Å². The monoisotopic (exact) mass is 278 g/mol. The lowest BCUT2D eigenvalue weighted by molar-refractivity contribution is -0.129. The molecule has 0 N–H and O–H groups in total. The van der Waals surface area contributed by atoms with Crippen LogP contribution in [0.25, 0.3) is 0 Å². The standard InChI is InChI=1S/C14H22N4O2/c1-6-8-18-11(19)9-10(17(7-2)13(18)20)16-12(15-9)14(3,4)5/h9H,6-8H2,1-5H3. The molecule has 1 unspecified atom stereocenters. The molecule has 1 fully saturated rings. The number of carbonyl (C=O) groups is 2. The molecule has 1 saturated heterocycles. The number of rotatable bonds is 3. The molecule has 2 heterocycles. The van der Waals surface area contributed by atoms with Gasteiger partial charge < -0.3 is 0 Å². The van der Waals surface area contributed by atoms with Crippen molar-refractivity contribution in [2.45, 2.75) is 47.1 Å². The molecule has 0 spiro atoms. The Morgan fingerprint density at radius 2 is 1.80 bits per heavy atom. The largest absolute Gasteiger partial charge is 0.332 e. The number of amidine groups is 2. The molecule has 6 nitrogen and oxygen atoms in total. The smallest absolute Gasteiger partial charge is 0.279 e. The van der Waals surface area contributed by atoms with Crippen molar-refractivity contribution in [1.82, 2.24) is 9.80 Å². The normalized spacial score (nSPS) is 22.9. The van der Waals surface area contributed by atoms with Crippen LogP contribution in [0.2, 0.25) is 0 Å². The van der Waals surface area contributed by atoms with Gasteiger partial charge in [0.1, 0.15) is 11.7 Å². The highest BCUT2D eigenvalue weighted by molar-refractivity contribution is 6.25. The Hall–Kier alpha value is -1.72. The molecule has 0 aromatic carbocycles. The maximum Gasteiger partial charge on any atom is 0.332 e. The van der Waals surface area contributed by atoms with Gasteiger partial charge in [-0.25, -0.2) is 14.8 Å². The predicted octanol–water partition coefficient (Wildman–Crippen LogP) is 1.91. The van der Waals surface area contributed by atoms with E-state index in [0.717, 1.165) is 6.42 Å². The number of hydrogen-bond donors (Lipinski definition) is 0. The minimum absolute atomic E-state index is 0.233. The summed E-state index contributed by atoms with van der Waals surface area (Å²) in [4.78, 5) is 36.5. The summed E-state index contributed by atoms with van der Waals surface area (Å²) in [5.41, 5.74) is -0.233. The highest BCUT2D eigenvalue weighted by atomic mass is 16.2. The van der Waals surface area contributed by atoms with Gasteiger partial charge in [-0.2, -0.15) is 0 Å². The van der Waals surface area contributed by atoms with Crippen molar-refractivity contribution in [3.05, 3.63) is 0 Å². The van der Waals surface area contributed by atoms with Crippen LogP contribution in [0.5, 0.6) is 0 Å². The first-order valence-electron chi connectivity index (χ1n) is 7.11. The number of imide groups is 1. The molecule has 0 saturated carbocycles. The van der Waals surface area contributed by atoms with E-state index in [1.165, 1.54) is 4.90 Å². The van der Waals surface area contributed by atoms with Crippen LogP contribution in [0, 0.1) is 5.41 Å². The van der Waals surface area contributed by atoms with Gasteiger partial charge >= 0.3 is 6.03 Å². The fourth-order valence-corrected chi connectivity index (χ4v) is 2.33. The molecule has 0 aromatic heterocycles.